The Morgan fingerprint density at radius 1 is 1.04 bits per heavy atom. The van der Waals surface area contributed by atoms with Gasteiger partial charge in [-0.25, -0.2) is 14.5 Å². The Morgan fingerprint density at radius 2 is 1.78 bits per heavy atom. The Balaban J connectivity index is 1.85. The van der Waals surface area contributed by atoms with E-state index in [0.717, 1.165) is 5.01 Å². The number of carbonyl (C=O) groups is 7. The van der Waals surface area contributed by atoms with Gasteiger partial charge in [0.1, 0.15) is 24.7 Å². The smallest absolute Gasteiger partial charge is 0.337 e. The Morgan fingerprint density at radius 3 is 2.45 bits per heavy atom. The predicted molar refractivity (Wildman–Crippen MR) is 192 cm³/mol. The number of rotatable bonds is 17. The summed E-state index contributed by atoms with van der Waals surface area (Å²) in [6.45, 7) is 0.250. The Kier molecular flexibility index (Phi) is 17.2. The number of unbranched alkanes of at least 4 members (excludes halogenated alkanes) is 1. The number of hydrogen-bond acceptors (Lipinski definition) is 10. The highest BCUT2D eigenvalue weighted by atomic mass is 19.1. The molecule has 0 radical (unpaired) electrons. The largest absolute Gasteiger partial charge is 0.481 e. The van der Waals surface area contributed by atoms with Crippen LogP contribution >= 0.6 is 0 Å². The maximum absolute atomic E-state index is 13.9. The van der Waals surface area contributed by atoms with E-state index in [2.05, 4.69) is 47.6 Å². The second kappa shape index (κ2) is 22.0. The highest BCUT2D eigenvalue weighted by molar-refractivity contribution is 5.96. The number of hydrogen-bond donors (Lipinski definition) is 10. The fraction of sp³-hybridized carbons (Fsp3) is 0.515. The Bertz CT molecular complexity index is 1660. The minimum atomic E-state index is -1.67. The standard InChI is InChI=1S/C33H48FN13O8/c1-2-22(40-32(35)36)28-31(54)38-16-25(48)39-24(15-27(50)51)30(53)44-47(17-20-9-4-3-5-10-20)33(55)41-23(29(52)42-28)12-6-7-14-37-26(49)19-46-18-21(43-45-46)11-8-13-34/h3-5,9-10,18,22-24,28H,2,6-8,11-17,19H2,1H3,(H,37,49)(H,38,54)(H,39,48)(H,41,55)(H,42,52)(H,44,53)(H,50,51)(H4,35,36,40)/t22?,23-,24-,28-/m0/s1. The topological polar surface area (TPSA) is 308 Å². The zero-order valence-corrected chi connectivity index (χ0v) is 30.3. The molecule has 300 valence electrons. The molecule has 1 aromatic carbocycles. The van der Waals surface area contributed by atoms with Gasteiger partial charge in [-0.05, 0) is 44.1 Å². The van der Waals surface area contributed by atoms with Crippen LogP contribution in [-0.4, -0.2) is 117 Å². The molecule has 1 aliphatic heterocycles. The molecule has 0 spiro atoms. The number of carbonyl (C=O) groups excluding carboxylic acids is 6. The summed E-state index contributed by atoms with van der Waals surface area (Å²) in [5, 5.41) is 40.9. The molecule has 1 aliphatic rings. The number of benzene rings is 1. The van der Waals surface area contributed by atoms with Crippen molar-refractivity contribution in [2.75, 3.05) is 19.8 Å². The zero-order valence-electron chi connectivity index (χ0n) is 30.3. The van der Waals surface area contributed by atoms with Gasteiger partial charge in [-0.1, -0.05) is 42.5 Å². The van der Waals surface area contributed by atoms with Gasteiger partial charge in [0.15, 0.2) is 5.96 Å². The summed E-state index contributed by atoms with van der Waals surface area (Å²) in [7, 11) is 0. The number of urea groups is 1. The molecule has 0 bridgehead atoms. The van der Waals surface area contributed by atoms with E-state index in [4.69, 9.17) is 11.1 Å². The van der Waals surface area contributed by atoms with Crippen LogP contribution in [0, 0.1) is 5.41 Å². The average molecular weight is 774 g/mol. The highest BCUT2D eigenvalue weighted by Crippen LogP contribution is 2.09. The number of alkyl halides is 1. The van der Waals surface area contributed by atoms with Crippen molar-refractivity contribution in [3.8, 4) is 0 Å². The second-order valence-electron chi connectivity index (χ2n) is 12.6. The van der Waals surface area contributed by atoms with Gasteiger partial charge in [0.25, 0.3) is 5.91 Å². The fourth-order valence-electron chi connectivity index (χ4n) is 5.45. The minimum absolute atomic E-state index is 0.0193. The molecule has 0 aliphatic carbocycles. The van der Waals surface area contributed by atoms with Crippen molar-refractivity contribution in [2.45, 2.75) is 89.1 Å². The number of nitrogens with zero attached hydrogens (tertiary/aromatic N) is 4. The lowest BCUT2D eigenvalue weighted by Crippen LogP contribution is -2.63. The van der Waals surface area contributed by atoms with Gasteiger partial charge in [0.2, 0.25) is 23.6 Å². The first-order valence-electron chi connectivity index (χ1n) is 17.6. The van der Waals surface area contributed by atoms with Crippen LogP contribution in [-0.2, 0) is 48.3 Å². The number of nitrogens with two attached hydrogens (primary N) is 1. The van der Waals surface area contributed by atoms with Gasteiger partial charge in [0, 0.05) is 12.7 Å². The maximum atomic E-state index is 13.9. The lowest BCUT2D eigenvalue weighted by atomic mass is 10.0. The van der Waals surface area contributed by atoms with Crippen molar-refractivity contribution in [2.24, 2.45) is 5.73 Å². The predicted octanol–water partition coefficient (Wildman–Crippen LogP) is -2.09. The molecule has 21 nitrogen and oxygen atoms in total. The third kappa shape index (κ3) is 14.9. The monoisotopic (exact) mass is 773 g/mol. The van der Waals surface area contributed by atoms with Crippen LogP contribution < -0.4 is 43.1 Å². The van der Waals surface area contributed by atoms with Gasteiger partial charge in [-0.3, -0.25) is 44.0 Å². The number of halogens is 1. The van der Waals surface area contributed by atoms with Gasteiger partial charge in [-0.15, -0.1) is 5.10 Å². The molecule has 1 unspecified atom stereocenters. The van der Waals surface area contributed by atoms with E-state index < -0.39 is 85.4 Å². The summed E-state index contributed by atoms with van der Waals surface area (Å²) in [6.07, 6.45) is 2.12. The van der Waals surface area contributed by atoms with E-state index in [-0.39, 0.29) is 51.2 Å². The van der Waals surface area contributed by atoms with Gasteiger partial charge >= 0.3 is 12.0 Å². The molecular formula is C33H48FN13O8. The van der Waals surface area contributed by atoms with Crippen molar-refractivity contribution < 1.29 is 43.1 Å². The summed E-state index contributed by atoms with van der Waals surface area (Å²) in [4.78, 5) is 91.5. The molecule has 7 amide bonds. The Hall–Kier alpha value is -6.35. The normalized spacial score (nSPS) is 19.0. The number of carboxylic acids is 1. The van der Waals surface area contributed by atoms with E-state index in [0.29, 0.717) is 24.1 Å². The molecule has 4 atom stereocenters. The highest BCUT2D eigenvalue weighted by Gasteiger charge is 2.34. The minimum Gasteiger partial charge on any atom is -0.481 e. The molecule has 1 aromatic heterocycles. The summed E-state index contributed by atoms with van der Waals surface area (Å²) in [5.41, 5.74) is 8.98. The first-order valence-corrected chi connectivity index (χ1v) is 17.6. The van der Waals surface area contributed by atoms with Crippen molar-refractivity contribution in [3.63, 3.8) is 0 Å². The lowest BCUT2D eigenvalue weighted by Gasteiger charge is -2.30. The fourth-order valence-corrected chi connectivity index (χ4v) is 5.45. The first-order chi connectivity index (χ1) is 26.3. The van der Waals surface area contributed by atoms with E-state index >= 15 is 0 Å². The van der Waals surface area contributed by atoms with Crippen LogP contribution in [0.1, 0.15) is 56.7 Å². The van der Waals surface area contributed by atoms with Crippen LogP contribution in [0.15, 0.2) is 36.5 Å². The zero-order chi connectivity index (χ0) is 40.3. The number of aliphatic carboxylic acids is 1. The lowest BCUT2D eigenvalue weighted by molar-refractivity contribution is -0.141. The van der Waals surface area contributed by atoms with Crippen LogP contribution in [0.25, 0.3) is 0 Å². The third-order valence-electron chi connectivity index (χ3n) is 8.20. The van der Waals surface area contributed by atoms with E-state index in [1.807, 2.05) is 0 Å². The summed E-state index contributed by atoms with van der Waals surface area (Å²) in [5.74, 6) is -6.02. The van der Waals surface area contributed by atoms with Crippen molar-refractivity contribution in [3.05, 3.63) is 47.8 Å². The number of amides is 7. The molecule has 3 rings (SSSR count). The van der Waals surface area contributed by atoms with Gasteiger partial charge in [-0.2, -0.15) is 0 Å². The number of aryl methyl sites for hydroxylation is 1. The van der Waals surface area contributed by atoms with Gasteiger partial charge in [0.05, 0.1) is 37.9 Å². The third-order valence-corrected chi connectivity index (χ3v) is 8.20. The molecular weight excluding hydrogens is 725 g/mol. The molecule has 11 N–H and O–H groups in total. The Labute approximate surface area is 315 Å². The number of hydrazine groups is 1. The molecule has 0 saturated carbocycles. The number of aromatic nitrogens is 3. The van der Waals surface area contributed by atoms with Crippen molar-refractivity contribution in [1.29, 1.82) is 5.41 Å². The SMILES string of the molecule is CCC(NC(=N)N)[C@@H]1NC(=O)[C@H](CCCCNC(=O)Cn2cc(CCCF)nn2)NC(=O)N(Cc2ccccc2)NC(=O)[C@H](CC(=O)O)NC(=O)CNC1=O. The molecule has 55 heavy (non-hydrogen) atoms. The van der Waals surface area contributed by atoms with E-state index in [1.165, 1.54) is 4.68 Å². The van der Waals surface area contributed by atoms with Gasteiger partial charge < -0.3 is 42.7 Å². The maximum Gasteiger partial charge on any atom is 0.337 e. The molecule has 22 heteroatoms. The number of carboxylic acid groups (broad SMARTS) is 1. The molecule has 2 aromatic rings. The van der Waals surface area contributed by atoms with Crippen LogP contribution in [0.3, 0.4) is 0 Å². The van der Waals surface area contributed by atoms with E-state index in [1.54, 1.807) is 43.5 Å². The molecule has 2 heterocycles. The van der Waals surface area contributed by atoms with Crippen LogP contribution in [0.4, 0.5) is 9.18 Å². The summed E-state index contributed by atoms with van der Waals surface area (Å²) < 4.78 is 13.8. The van der Waals surface area contributed by atoms with Crippen molar-refractivity contribution >= 4 is 47.5 Å². The second-order valence-corrected chi connectivity index (χ2v) is 12.6. The van der Waals surface area contributed by atoms with Crippen molar-refractivity contribution in [1.82, 2.24) is 57.3 Å². The molecule has 1 saturated heterocycles. The number of nitrogens with one attached hydrogen (secondary N) is 8. The quantitative estimate of drug-likeness (QED) is 0.0471. The van der Waals surface area contributed by atoms with Crippen LogP contribution in [0.2, 0.25) is 0 Å². The number of guanidine groups is 1. The summed E-state index contributed by atoms with van der Waals surface area (Å²) in [6, 6.07) is 2.07. The van der Waals surface area contributed by atoms with Crippen LogP contribution in [0.5, 0.6) is 0 Å². The average Bonchev–Trinajstić information content (AvgIpc) is 3.59. The summed E-state index contributed by atoms with van der Waals surface area (Å²) >= 11 is 0. The first kappa shape index (κ1) is 43.1. The molecule has 1 fully saturated rings. The van der Waals surface area contributed by atoms with E-state index in [9.17, 15) is 43.1 Å².